The quantitative estimate of drug-likeness (QED) is 0.188. The van der Waals surface area contributed by atoms with Gasteiger partial charge in [0.15, 0.2) is 6.19 Å². The van der Waals surface area contributed by atoms with Crippen LogP contribution >= 0.6 is 11.8 Å². The van der Waals surface area contributed by atoms with Gasteiger partial charge in [-0.15, -0.1) is 0 Å². The number of nitro groups is 1. The van der Waals surface area contributed by atoms with Crippen LogP contribution < -0.4 is 22.1 Å². The maximum Gasteiger partial charge on any atom is 0.269 e. The van der Waals surface area contributed by atoms with Crippen LogP contribution in [-0.4, -0.2) is 15.9 Å². The second kappa shape index (κ2) is 8.93. The molecule has 2 heterocycles. The smallest absolute Gasteiger partial charge is 0.269 e. The van der Waals surface area contributed by atoms with Gasteiger partial charge in [0.1, 0.15) is 35.1 Å². The van der Waals surface area contributed by atoms with Gasteiger partial charge < -0.3 is 16.8 Å². The highest BCUT2D eigenvalue weighted by Crippen LogP contribution is 2.45. The molecule has 0 radical (unpaired) electrons. The van der Waals surface area contributed by atoms with Crippen molar-refractivity contribution < 1.29 is 9.31 Å². The maximum absolute atomic E-state index is 13.4. The van der Waals surface area contributed by atoms with Gasteiger partial charge in [0.05, 0.1) is 10.6 Å². The molecular formula is C21H14FN9O2S. The van der Waals surface area contributed by atoms with Crippen LogP contribution in [0.2, 0.25) is 0 Å². The fourth-order valence-corrected chi connectivity index (χ4v) is 4.34. The van der Waals surface area contributed by atoms with Crippen molar-refractivity contribution in [2.75, 3.05) is 16.8 Å². The molecule has 0 bridgehead atoms. The number of nitrogen functional groups attached to an aromatic ring is 2. The zero-order valence-corrected chi connectivity index (χ0v) is 17.9. The summed E-state index contributed by atoms with van der Waals surface area (Å²) in [5.41, 5.74) is 12.5. The van der Waals surface area contributed by atoms with E-state index in [1.165, 1.54) is 36.0 Å². The summed E-state index contributed by atoms with van der Waals surface area (Å²) in [6.45, 7) is 0. The lowest BCUT2D eigenvalue weighted by Crippen LogP contribution is -2.33. The Morgan fingerprint density at radius 3 is 2.59 bits per heavy atom. The summed E-state index contributed by atoms with van der Waals surface area (Å²) in [4.78, 5) is 20.9. The Bertz CT molecular complexity index is 1430. The number of aliphatic imine (C=N–C) groups is 1. The molecule has 3 aromatic rings. The lowest BCUT2D eigenvalue weighted by Gasteiger charge is -2.27. The molecule has 1 unspecified atom stereocenters. The Hall–Kier alpha value is -4.88. The van der Waals surface area contributed by atoms with Gasteiger partial charge in [0, 0.05) is 33.1 Å². The summed E-state index contributed by atoms with van der Waals surface area (Å²) < 4.78 is 13.4. The molecule has 0 aliphatic carbocycles. The molecular weight excluding hydrogens is 461 g/mol. The minimum atomic E-state index is -0.977. The molecule has 13 heteroatoms. The Kier molecular flexibility index (Phi) is 5.86. The molecule has 0 spiro atoms. The Morgan fingerprint density at radius 1 is 1.21 bits per heavy atom. The van der Waals surface area contributed by atoms with Gasteiger partial charge >= 0.3 is 0 Å². The number of nitriles is 2. The van der Waals surface area contributed by atoms with Gasteiger partial charge in [-0.2, -0.15) is 10.5 Å². The van der Waals surface area contributed by atoms with Crippen molar-refractivity contribution in [2.45, 2.75) is 15.8 Å². The van der Waals surface area contributed by atoms with E-state index in [1.807, 2.05) is 6.07 Å². The van der Waals surface area contributed by atoms with E-state index >= 15 is 0 Å². The first-order valence-corrected chi connectivity index (χ1v) is 10.3. The standard InChI is InChI=1S/C21H14FN9O2S/c22-10-1-4-12(5-2-10)34-15-6-3-11(31(32)33)7-13(15)18-16-17(25)14(8-23)19(26)29-20(16)30-21(28-18)27-9-24/h1-7,18H,(H6,25,26,27,28,29,30). The monoisotopic (exact) mass is 475 g/mol. The van der Waals surface area contributed by atoms with E-state index in [0.29, 0.717) is 15.4 Å². The van der Waals surface area contributed by atoms with E-state index in [1.54, 1.807) is 24.4 Å². The second-order valence-corrected chi connectivity index (χ2v) is 8.05. The average Bonchev–Trinajstić information content (AvgIpc) is 2.80. The number of nitrogens with zero attached hydrogens (tertiary/aromatic N) is 5. The first-order valence-electron chi connectivity index (χ1n) is 9.53. The van der Waals surface area contributed by atoms with Gasteiger partial charge in [-0.05, 0) is 30.3 Å². The summed E-state index contributed by atoms with van der Waals surface area (Å²) in [5, 5.41) is 35.3. The molecule has 6 N–H and O–H groups in total. The second-order valence-electron chi connectivity index (χ2n) is 6.94. The van der Waals surface area contributed by atoms with Crippen molar-refractivity contribution in [3.05, 3.63) is 75.1 Å². The largest absolute Gasteiger partial charge is 0.397 e. The number of aromatic nitrogens is 1. The van der Waals surface area contributed by atoms with Crippen LogP contribution in [0.25, 0.3) is 0 Å². The van der Waals surface area contributed by atoms with Crippen molar-refractivity contribution >= 4 is 40.7 Å². The van der Waals surface area contributed by atoms with Crippen LogP contribution in [0.5, 0.6) is 0 Å². The number of hydrogen-bond donors (Lipinski definition) is 4. The molecule has 1 aliphatic rings. The number of nitrogens with two attached hydrogens (primary N) is 2. The van der Waals surface area contributed by atoms with Crippen LogP contribution in [-0.2, 0) is 0 Å². The van der Waals surface area contributed by atoms with Gasteiger partial charge in [0.2, 0.25) is 5.96 Å². The molecule has 11 nitrogen and oxygen atoms in total. The molecule has 1 atom stereocenters. The Morgan fingerprint density at radius 2 is 1.94 bits per heavy atom. The number of pyridine rings is 1. The van der Waals surface area contributed by atoms with Crippen molar-refractivity contribution in [3.63, 3.8) is 0 Å². The summed E-state index contributed by atoms with van der Waals surface area (Å²) in [6.07, 6.45) is 1.75. The lowest BCUT2D eigenvalue weighted by atomic mass is 9.94. The van der Waals surface area contributed by atoms with Gasteiger partial charge in [-0.25, -0.2) is 14.4 Å². The van der Waals surface area contributed by atoms with Crippen molar-refractivity contribution in [1.82, 2.24) is 10.3 Å². The van der Waals surface area contributed by atoms with Crippen LogP contribution in [0.3, 0.4) is 0 Å². The van der Waals surface area contributed by atoms with E-state index in [4.69, 9.17) is 16.7 Å². The molecule has 0 saturated carbocycles. The number of rotatable bonds is 4. The normalized spacial score (nSPS) is 14.1. The zero-order valence-electron chi connectivity index (χ0n) is 17.1. The number of benzene rings is 2. The molecule has 1 aromatic heterocycles. The first kappa shape index (κ1) is 22.3. The predicted molar refractivity (Wildman–Crippen MR) is 123 cm³/mol. The van der Waals surface area contributed by atoms with E-state index < -0.39 is 16.8 Å². The van der Waals surface area contributed by atoms with E-state index in [2.05, 4.69) is 20.6 Å². The molecule has 34 heavy (non-hydrogen) atoms. The SMILES string of the molecule is N#CNC1=NC(c2cc([N+](=O)[O-])ccc2Sc2ccc(F)cc2)c2c(nc(N)c(C#N)c2N)N1. The fraction of sp³-hybridized carbons (Fsp3) is 0.0476. The topological polar surface area (TPSA) is 192 Å². The van der Waals surface area contributed by atoms with Crippen LogP contribution in [0.15, 0.2) is 57.2 Å². The molecule has 0 amide bonds. The van der Waals surface area contributed by atoms with Gasteiger partial charge in [-0.1, -0.05) is 11.8 Å². The molecule has 4 rings (SSSR count). The maximum atomic E-state index is 13.4. The third-order valence-corrected chi connectivity index (χ3v) is 6.00. The van der Waals surface area contributed by atoms with E-state index in [0.717, 1.165) is 0 Å². The van der Waals surface area contributed by atoms with Crippen molar-refractivity contribution in [1.29, 1.82) is 10.5 Å². The third kappa shape index (κ3) is 4.11. The highest BCUT2D eigenvalue weighted by molar-refractivity contribution is 7.99. The summed E-state index contributed by atoms with van der Waals surface area (Å²) in [7, 11) is 0. The minimum absolute atomic E-state index is 0.00601. The minimum Gasteiger partial charge on any atom is -0.397 e. The number of guanidine groups is 1. The summed E-state index contributed by atoms with van der Waals surface area (Å²) >= 11 is 1.23. The number of halogens is 1. The van der Waals surface area contributed by atoms with E-state index in [9.17, 15) is 19.8 Å². The van der Waals surface area contributed by atoms with E-state index in [-0.39, 0.29) is 40.1 Å². The molecule has 0 fully saturated rings. The van der Waals surface area contributed by atoms with Crippen LogP contribution in [0.4, 0.5) is 27.4 Å². The third-order valence-electron chi connectivity index (χ3n) is 4.90. The van der Waals surface area contributed by atoms with Crippen LogP contribution in [0, 0.1) is 38.7 Å². The van der Waals surface area contributed by atoms with Gasteiger partial charge in [0.25, 0.3) is 5.69 Å². The number of non-ortho nitro benzene ring substituents is 1. The number of hydrogen-bond acceptors (Lipinski definition) is 11. The average molecular weight is 475 g/mol. The van der Waals surface area contributed by atoms with Crippen molar-refractivity contribution in [3.8, 4) is 12.3 Å². The highest BCUT2D eigenvalue weighted by atomic mass is 32.2. The number of nitro benzene ring substituents is 1. The van der Waals surface area contributed by atoms with Crippen LogP contribution in [0.1, 0.15) is 22.7 Å². The number of nitrogens with one attached hydrogen (secondary N) is 2. The molecule has 0 saturated heterocycles. The molecule has 1 aliphatic heterocycles. The lowest BCUT2D eigenvalue weighted by molar-refractivity contribution is -0.385. The fourth-order valence-electron chi connectivity index (χ4n) is 3.39. The summed E-state index contributed by atoms with van der Waals surface area (Å²) in [6, 6.07) is 10.9. The predicted octanol–water partition coefficient (Wildman–Crippen LogP) is 3.26. The number of anilines is 3. The molecule has 2 aromatic carbocycles. The van der Waals surface area contributed by atoms with Gasteiger partial charge in [-0.3, -0.25) is 15.4 Å². The summed E-state index contributed by atoms with van der Waals surface area (Å²) in [5.74, 6) is -0.364. The molecule has 168 valence electrons. The van der Waals surface area contributed by atoms with Crippen molar-refractivity contribution in [2.24, 2.45) is 4.99 Å². The highest BCUT2D eigenvalue weighted by Gasteiger charge is 2.32. The first-order chi connectivity index (χ1) is 16.3. The number of fused-ring (bicyclic) bond motifs is 1. The Balaban J connectivity index is 1.95. The Labute approximate surface area is 196 Å². The zero-order chi connectivity index (χ0) is 24.4.